The van der Waals surface area contributed by atoms with Crippen molar-refractivity contribution < 1.29 is 14.0 Å². The molecule has 1 atom stereocenters. The Bertz CT molecular complexity index is 475. The van der Waals surface area contributed by atoms with Crippen LogP contribution in [0.25, 0.3) is 0 Å². The van der Waals surface area contributed by atoms with Crippen LogP contribution >= 0.6 is 0 Å². The number of unbranched alkanes of at least 4 members (excludes halogenated alkanes) is 3. The molecule has 0 radical (unpaired) electrons. The topological polar surface area (TPSA) is 35.5 Å². The Kier molecular flexibility index (Phi) is 15.2. The summed E-state index contributed by atoms with van der Waals surface area (Å²) in [5, 5.41) is 0.164. The summed E-state index contributed by atoms with van der Waals surface area (Å²) in [5.41, 5.74) is 0. The summed E-state index contributed by atoms with van der Waals surface area (Å²) in [7, 11) is -0.427. The molecule has 0 heterocycles. The van der Waals surface area contributed by atoms with Crippen molar-refractivity contribution >= 4 is 32.7 Å². The Morgan fingerprint density at radius 2 is 1.43 bits per heavy atom. The van der Waals surface area contributed by atoms with E-state index in [0.717, 1.165) is 6.42 Å². The first-order valence-electron chi connectivity index (χ1n) is 12.4. The van der Waals surface area contributed by atoms with Gasteiger partial charge in [0.2, 0.25) is 0 Å². The summed E-state index contributed by atoms with van der Waals surface area (Å²) in [4.78, 5) is 11.8. The van der Waals surface area contributed by atoms with Gasteiger partial charge in [0.25, 0.3) is 0 Å². The first kappa shape index (κ1) is 30.2. The van der Waals surface area contributed by atoms with Gasteiger partial charge in [-0.25, -0.2) is 0 Å². The first-order valence-corrected chi connectivity index (χ1v) is 23.0. The number of ether oxygens (including phenoxy) is 1. The van der Waals surface area contributed by atoms with Crippen molar-refractivity contribution in [2.45, 2.75) is 130 Å². The van der Waals surface area contributed by atoms with E-state index in [1.54, 1.807) is 0 Å². The van der Waals surface area contributed by atoms with E-state index in [-0.39, 0.29) is 17.1 Å². The Morgan fingerprint density at radius 1 is 0.967 bits per heavy atom. The number of hydrogen-bond acceptors (Lipinski definition) is 3. The van der Waals surface area contributed by atoms with Crippen LogP contribution < -0.4 is 0 Å². The van der Waals surface area contributed by atoms with Crippen molar-refractivity contribution in [2.75, 3.05) is 7.11 Å². The van der Waals surface area contributed by atoms with Gasteiger partial charge < -0.3 is 0 Å². The zero-order valence-corrected chi connectivity index (χ0v) is 25.6. The monoisotopic (exact) mass is 548 g/mol. The Morgan fingerprint density at radius 3 is 1.80 bits per heavy atom. The summed E-state index contributed by atoms with van der Waals surface area (Å²) >= 11 is -2.36. The van der Waals surface area contributed by atoms with Crippen molar-refractivity contribution in [3.05, 3.63) is 10.2 Å². The SMILES string of the molecule is CCC[CH2][Sn](/[CH]=C/[C@@H](CCC(=O)OC)O[Si](C)(C)C(C)(C)C)([CH2]CCC)[CH2]CCC. The van der Waals surface area contributed by atoms with Crippen LogP contribution in [0.4, 0.5) is 0 Å². The fourth-order valence-electron chi connectivity index (χ4n) is 3.63. The average Bonchev–Trinajstić information content (AvgIpc) is 2.69. The maximum absolute atomic E-state index is 11.8. The zero-order valence-electron chi connectivity index (χ0n) is 21.7. The van der Waals surface area contributed by atoms with Gasteiger partial charge in [0.05, 0.1) is 0 Å². The number of hydrogen-bond donors (Lipinski definition) is 0. The van der Waals surface area contributed by atoms with Crippen LogP contribution in [0.3, 0.4) is 0 Å². The van der Waals surface area contributed by atoms with Gasteiger partial charge in [-0.1, -0.05) is 0 Å². The van der Waals surface area contributed by atoms with Gasteiger partial charge in [0.1, 0.15) is 0 Å². The Hall–Kier alpha value is 0.186. The first-order chi connectivity index (χ1) is 14.0. The van der Waals surface area contributed by atoms with Crippen molar-refractivity contribution in [3.8, 4) is 0 Å². The van der Waals surface area contributed by atoms with E-state index in [0.29, 0.717) is 6.42 Å². The van der Waals surface area contributed by atoms with Crippen LogP contribution in [0.2, 0.25) is 31.4 Å². The molecule has 0 aliphatic carbocycles. The molecular formula is C25H52O3SiSn. The third-order valence-corrected chi connectivity index (χ3v) is 25.5. The van der Waals surface area contributed by atoms with Crippen molar-refractivity contribution in [1.82, 2.24) is 0 Å². The minimum absolute atomic E-state index is 0.0333. The molecule has 5 heteroatoms. The van der Waals surface area contributed by atoms with Gasteiger partial charge in [-0.15, -0.1) is 0 Å². The number of esters is 1. The molecule has 0 saturated heterocycles. The van der Waals surface area contributed by atoms with E-state index >= 15 is 0 Å². The Labute approximate surface area is 193 Å². The van der Waals surface area contributed by atoms with Crippen LogP contribution in [0.1, 0.15) is 92.9 Å². The summed E-state index contributed by atoms with van der Waals surface area (Å²) in [6, 6.07) is 0. The van der Waals surface area contributed by atoms with E-state index in [1.807, 2.05) is 0 Å². The molecule has 0 aromatic carbocycles. The van der Waals surface area contributed by atoms with Gasteiger partial charge in [0.15, 0.2) is 0 Å². The minimum atomic E-state index is -2.36. The standard InChI is InChI=1S/C13H25O3Si.3C4H9.Sn/c1-8-11(9-10-12(14)15-5)16-17(6,7)13(2,3)4;3*1-3-4-2;/h1,8,11H,9-10H2,2-7H3;3*1,3-4H2,2H3;/t11-;;;;/m0..../s1. The molecule has 0 bridgehead atoms. The quantitative estimate of drug-likeness (QED) is 0.144. The fourth-order valence-corrected chi connectivity index (χ4v) is 19.3. The number of rotatable bonds is 16. The van der Waals surface area contributed by atoms with Crippen LogP contribution in [0.5, 0.6) is 0 Å². The predicted molar refractivity (Wildman–Crippen MR) is 137 cm³/mol. The van der Waals surface area contributed by atoms with Crippen LogP contribution in [-0.4, -0.2) is 45.9 Å². The molecule has 0 unspecified atom stereocenters. The third-order valence-electron chi connectivity index (χ3n) is 6.86. The second-order valence-electron chi connectivity index (χ2n) is 10.6. The van der Waals surface area contributed by atoms with Crippen molar-refractivity contribution in [1.29, 1.82) is 0 Å². The van der Waals surface area contributed by atoms with Gasteiger partial charge in [-0.05, 0) is 0 Å². The maximum atomic E-state index is 11.8. The third kappa shape index (κ3) is 11.7. The molecule has 0 fully saturated rings. The van der Waals surface area contributed by atoms with Crippen molar-refractivity contribution in [2.24, 2.45) is 0 Å². The summed E-state index contributed by atoms with van der Waals surface area (Å²) < 4.78 is 18.8. The summed E-state index contributed by atoms with van der Waals surface area (Å²) in [6.07, 6.45) is 11.6. The van der Waals surface area contributed by atoms with E-state index in [4.69, 9.17) is 9.16 Å². The molecule has 0 aromatic rings. The van der Waals surface area contributed by atoms with Crippen LogP contribution in [0.15, 0.2) is 10.2 Å². The van der Waals surface area contributed by atoms with Crippen molar-refractivity contribution in [3.63, 3.8) is 0 Å². The molecule has 0 saturated carbocycles. The van der Waals surface area contributed by atoms with Gasteiger partial charge >= 0.3 is 194 Å². The van der Waals surface area contributed by atoms with Gasteiger partial charge in [-0.3, -0.25) is 0 Å². The molecule has 0 aliphatic heterocycles. The molecule has 0 amide bonds. The molecule has 30 heavy (non-hydrogen) atoms. The normalized spacial score (nSPS) is 14.3. The predicted octanol–water partition coefficient (Wildman–Crippen LogP) is 8.27. The summed E-state index contributed by atoms with van der Waals surface area (Å²) in [5.74, 6) is -0.134. The van der Waals surface area contributed by atoms with E-state index in [1.165, 1.54) is 58.9 Å². The molecule has 0 aliphatic rings. The van der Waals surface area contributed by atoms with E-state index < -0.39 is 26.7 Å². The van der Waals surface area contributed by atoms with Crippen LogP contribution in [0, 0.1) is 0 Å². The molecule has 0 aromatic heterocycles. The molecular weight excluding hydrogens is 495 g/mol. The number of carbonyl (C=O) groups is 1. The zero-order chi connectivity index (χ0) is 23.3. The second kappa shape index (κ2) is 15.1. The molecule has 3 nitrogen and oxygen atoms in total. The molecule has 0 rings (SSSR count). The number of methoxy groups -OCH3 is 1. The average molecular weight is 547 g/mol. The van der Waals surface area contributed by atoms with Gasteiger partial charge in [0, 0.05) is 0 Å². The Balaban J connectivity index is 5.73. The van der Waals surface area contributed by atoms with E-state index in [9.17, 15) is 4.79 Å². The van der Waals surface area contributed by atoms with Gasteiger partial charge in [-0.2, -0.15) is 0 Å². The molecule has 0 spiro atoms. The second-order valence-corrected chi connectivity index (χ2v) is 28.3. The van der Waals surface area contributed by atoms with E-state index in [2.05, 4.69) is 64.8 Å². The number of carbonyl (C=O) groups excluding carboxylic acids is 1. The van der Waals surface area contributed by atoms with Crippen LogP contribution in [-0.2, 0) is 14.0 Å². The molecule has 178 valence electrons. The fraction of sp³-hybridized carbons (Fsp3) is 0.880. The summed E-state index contributed by atoms with van der Waals surface area (Å²) in [6.45, 7) is 18.4. The molecule has 0 N–H and O–H groups in total.